The van der Waals surface area contributed by atoms with E-state index < -0.39 is 16.5 Å². The minimum atomic E-state index is -0.991. The van der Waals surface area contributed by atoms with Gasteiger partial charge in [0.15, 0.2) is 0 Å². The molecular formula is C12H14N2O5. The number of nitro groups is 1. The van der Waals surface area contributed by atoms with E-state index in [4.69, 9.17) is 9.84 Å². The number of anilines is 1. The molecule has 0 saturated carbocycles. The number of aliphatic carboxylic acids is 1. The largest absolute Gasteiger partial charge is 0.480 e. The lowest BCUT2D eigenvalue weighted by Crippen LogP contribution is -2.62. The van der Waals surface area contributed by atoms with Crippen LogP contribution in [0.15, 0.2) is 24.3 Å². The molecule has 1 aromatic rings. The Morgan fingerprint density at radius 2 is 2.05 bits per heavy atom. The topological polar surface area (TPSA) is 92.9 Å². The van der Waals surface area contributed by atoms with Crippen molar-refractivity contribution in [2.24, 2.45) is 0 Å². The lowest BCUT2D eigenvalue weighted by Gasteiger charge is -2.48. The van der Waals surface area contributed by atoms with E-state index in [1.54, 1.807) is 12.1 Å². The van der Waals surface area contributed by atoms with Gasteiger partial charge in [0, 0.05) is 30.9 Å². The van der Waals surface area contributed by atoms with Crippen molar-refractivity contribution in [2.45, 2.75) is 12.5 Å². The summed E-state index contributed by atoms with van der Waals surface area (Å²) in [5, 5.41) is 19.1. The third kappa shape index (κ3) is 3.00. The van der Waals surface area contributed by atoms with Gasteiger partial charge in [-0.3, -0.25) is 10.1 Å². The van der Waals surface area contributed by atoms with Crippen LogP contribution in [0.2, 0.25) is 0 Å². The molecule has 1 fully saturated rings. The zero-order valence-electron chi connectivity index (χ0n) is 10.4. The number of hydrogen-bond donors (Lipinski definition) is 1. The second-order valence-corrected chi connectivity index (χ2v) is 4.76. The molecule has 1 N–H and O–H groups in total. The summed E-state index contributed by atoms with van der Waals surface area (Å²) in [6.07, 6.45) is 0. The molecule has 2 rings (SSSR count). The number of ether oxygens (including phenoxy) is 1. The normalized spacial score (nSPS) is 16.8. The number of nitro benzene ring substituents is 1. The second kappa shape index (κ2) is 4.85. The summed E-state index contributed by atoms with van der Waals surface area (Å²) < 4.78 is 5.29. The summed E-state index contributed by atoms with van der Waals surface area (Å²) in [6, 6.07) is 6.25. The van der Waals surface area contributed by atoms with Crippen molar-refractivity contribution < 1.29 is 19.6 Å². The number of rotatable bonds is 5. The van der Waals surface area contributed by atoms with Crippen LogP contribution in [-0.4, -0.2) is 41.3 Å². The first-order valence-electron chi connectivity index (χ1n) is 5.75. The van der Waals surface area contributed by atoms with Gasteiger partial charge in [-0.15, -0.1) is 0 Å². The summed E-state index contributed by atoms with van der Waals surface area (Å²) in [4.78, 5) is 22.5. The van der Waals surface area contributed by atoms with E-state index in [-0.39, 0.29) is 12.3 Å². The predicted molar refractivity (Wildman–Crippen MR) is 67.3 cm³/mol. The number of benzene rings is 1. The lowest BCUT2D eigenvalue weighted by molar-refractivity contribution is -0.384. The fourth-order valence-corrected chi connectivity index (χ4v) is 2.06. The fraction of sp³-hybridized carbons (Fsp3) is 0.417. The Bertz CT molecular complexity index is 493. The smallest absolute Gasteiger partial charge is 0.329 e. The van der Waals surface area contributed by atoms with Gasteiger partial charge in [-0.2, -0.15) is 0 Å². The molecule has 0 bridgehead atoms. The Labute approximate surface area is 109 Å². The minimum Gasteiger partial charge on any atom is -0.480 e. The minimum absolute atomic E-state index is 0.0502. The molecule has 7 nitrogen and oxygen atoms in total. The number of carbonyl (C=O) groups is 1. The third-order valence-electron chi connectivity index (χ3n) is 3.02. The maximum atomic E-state index is 10.5. The van der Waals surface area contributed by atoms with Gasteiger partial charge < -0.3 is 14.7 Å². The van der Waals surface area contributed by atoms with Gasteiger partial charge in [0.05, 0.1) is 4.92 Å². The van der Waals surface area contributed by atoms with Crippen LogP contribution in [0.1, 0.15) is 6.92 Å². The van der Waals surface area contributed by atoms with Gasteiger partial charge in [0.2, 0.25) is 0 Å². The van der Waals surface area contributed by atoms with E-state index in [1.807, 2.05) is 11.8 Å². The number of hydrogen-bond acceptors (Lipinski definition) is 5. The van der Waals surface area contributed by atoms with Gasteiger partial charge in [-0.05, 0) is 19.1 Å². The van der Waals surface area contributed by atoms with Crippen LogP contribution >= 0.6 is 0 Å². The van der Waals surface area contributed by atoms with Gasteiger partial charge in [0.25, 0.3) is 5.69 Å². The molecule has 0 atom stereocenters. The quantitative estimate of drug-likeness (QED) is 0.637. The highest BCUT2D eigenvalue weighted by atomic mass is 16.6. The van der Waals surface area contributed by atoms with E-state index in [9.17, 15) is 14.9 Å². The monoisotopic (exact) mass is 266 g/mol. The van der Waals surface area contributed by atoms with Crippen molar-refractivity contribution in [3.05, 3.63) is 34.4 Å². The molecule has 0 amide bonds. The third-order valence-corrected chi connectivity index (χ3v) is 3.02. The van der Waals surface area contributed by atoms with Crippen molar-refractivity contribution in [3.8, 4) is 0 Å². The number of non-ortho nitro benzene ring substituents is 1. The average Bonchev–Trinajstić information content (AvgIpc) is 2.33. The first-order valence-corrected chi connectivity index (χ1v) is 5.75. The van der Waals surface area contributed by atoms with Gasteiger partial charge in [-0.1, -0.05) is 0 Å². The Morgan fingerprint density at radius 3 is 2.53 bits per heavy atom. The van der Waals surface area contributed by atoms with E-state index >= 15 is 0 Å². The van der Waals surface area contributed by atoms with Gasteiger partial charge >= 0.3 is 5.97 Å². The summed E-state index contributed by atoms with van der Waals surface area (Å²) >= 11 is 0. The zero-order chi connectivity index (χ0) is 14.0. The molecular weight excluding hydrogens is 252 g/mol. The maximum Gasteiger partial charge on any atom is 0.329 e. The Balaban J connectivity index is 1.92. The Morgan fingerprint density at radius 1 is 1.47 bits per heavy atom. The molecule has 1 aromatic carbocycles. The van der Waals surface area contributed by atoms with Crippen LogP contribution < -0.4 is 4.90 Å². The summed E-state index contributed by atoms with van der Waals surface area (Å²) in [5.74, 6) is -0.991. The Hall–Kier alpha value is -2.15. The molecule has 102 valence electrons. The van der Waals surface area contributed by atoms with Crippen LogP contribution in [0.3, 0.4) is 0 Å². The highest BCUT2D eigenvalue weighted by Crippen LogP contribution is 2.31. The number of carboxylic acid groups (broad SMARTS) is 1. The zero-order valence-corrected chi connectivity index (χ0v) is 10.4. The van der Waals surface area contributed by atoms with E-state index in [2.05, 4.69) is 0 Å². The van der Waals surface area contributed by atoms with Crippen molar-refractivity contribution in [2.75, 3.05) is 24.6 Å². The van der Waals surface area contributed by atoms with Crippen LogP contribution in [0, 0.1) is 10.1 Å². The predicted octanol–water partition coefficient (Wildman–Crippen LogP) is 1.27. The van der Waals surface area contributed by atoms with E-state index in [0.717, 1.165) is 5.69 Å². The van der Waals surface area contributed by atoms with Crippen LogP contribution in [0.5, 0.6) is 0 Å². The lowest BCUT2D eigenvalue weighted by atomic mass is 9.95. The van der Waals surface area contributed by atoms with Gasteiger partial charge in [0.1, 0.15) is 12.2 Å². The summed E-state index contributed by atoms with van der Waals surface area (Å²) in [7, 11) is 0. The first-order chi connectivity index (χ1) is 8.89. The molecule has 1 saturated heterocycles. The van der Waals surface area contributed by atoms with Crippen molar-refractivity contribution in [1.29, 1.82) is 0 Å². The van der Waals surface area contributed by atoms with Crippen LogP contribution in [-0.2, 0) is 9.53 Å². The number of carboxylic acids is 1. The highest BCUT2D eigenvalue weighted by molar-refractivity contribution is 5.68. The molecule has 0 aliphatic carbocycles. The molecule has 7 heteroatoms. The summed E-state index contributed by atoms with van der Waals surface area (Å²) in [5.41, 5.74) is 0.441. The molecule has 0 unspecified atom stereocenters. The van der Waals surface area contributed by atoms with E-state index in [1.165, 1.54) is 12.1 Å². The van der Waals surface area contributed by atoms with Crippen molar-refractivity contribution in [1.82, 2.24) is 0 Å². The molecule has 1 heterocycles. The fourth-order valence-electron chi connectivity index (χ4n) is 2.06. The molecule has 1 aliphatic heterocycles. The molecule has 0 spiro atoms. The second-order valence-electron chi connectivity index (χ2n) is 4.76. The molecule has 1 aliphatic rings. The van der Waals surface area contributed by atoms with Crippen LogP contribution in [0.25, 0.3) is 0 Å². The SMILES string of the molecule is CC1(OCC(=O)O)CN(c2ccc([N+](=O)[O-])cc2)C1. The molecule has 0 aromatic heterocycles. The molecule has 19 heavy (non-hydrogen) atoms. The van der Waals surface area contributed by atoms with E-state index in [0.29, 0.717) is 13.1 Å². The average molecular weight is 266 g/mol. The first kappa shape index (κ1) is 13.3. The van der Waals surface area contributed by atoms with Gasteiger partial charge in [-0.25, -0.2) is 4.79 Å². The Kier molecular flexibility index (Phi) is 3.39. The highest BCUT2D eigenvalue weighted by Gasteiger charge is 2.40. The van der Waals surface area contributed by atoms with Crippen molar-refractivity contribution in [3.63, 3.8) is 0 Å². The molecule has 0 radical (unpaired) electrons. The van der Waals surface area contributed by atoms with Crippen molar-refractivity contribution >= 4 is 17.3 Å². The maximum absolute atomic E-state index is 10.5. The standard InChI is InChI=1S/C12H14N2O5/c1-12(19-6-11(15)16)7-13(8-12)9-2-4-10(5-3-9)14(17)18/h2-5H,6-8H2,1H3,(H,15,16). The summed E-state index contributed by atoms with van der Waals surface area (Å²) in [6.45, 7) is 2.67. The van der Waals surface area contributed by atoms with Crippen LogP contribution in [0.4, 0.5) is 11.4 Å². The number of nitrogens with zero attached hydrogens (tertiary/aromatic N) is 2.